The third-order valence-corrected chi connectivity index (χ3v) is 17.0. The van der Waals surface area contributed by atoms with Crippen LogP contribution in [0.25, 0.3) is 0 Å². The molecule has 0 aromatic rings. The number of aliphatic hydroxyl groups excluding tert-OH is 2. The second kappa shape index (κ2) is 68.8. The van der Waals surface area contributed by atoms with Gasteiger partial charge in [0.1, 0.15) is 0 Å². The maximum absolute atomic E-state index is 12.5. The number of carbonyl (C=O) groups is 2. The van der Waals surface area contributed by atoms with Crippen molar-refractivity contribution in [2.75, 3.05) is 13.2 Å². The van der Waals surface area contributed by atoms with E-state index in [1.165, 1.54) is 334 Å². The summed E-state index contributed by atoms with van der Waals surface area (Å²) in [6.45, 7) is 4.94. The van der Waals surface area contributed by atoms with E-state index in [4.69, 9.17) is 4.74 Å². The predicted molar refractivity (Wildman–Crippen MR) is 347 cm³/mol. The number of esters is 1. The van der Waals surface area contributed by atoms with Crippen LogP contribution >= 0.6 is 0 Å². The van der Waals surface area contributed by atoms with E-state index >= 15 is 0 Å². The van der Waals surface area contributed by atoms with Gasteiger partial charge in [0.15, 0.2) is 0 Å². The van der Waals surface area contributed by atoms with Gasteiger partial charge in [0.25, 0.3) is 0 Å². The minimum absolute atomic E-state index is 0.0142. The van der Waals surface area contributed by atoms with E-state index in [2.05, 4.69) is 31.3 Å². The average molecular weight is 1110 g/mol. The number of hydrogen-bond donors (Lipinski definition) is 3. The normalized spacial score (nSPS) is 12.6. The van der Waals surface area contributed by atoms with Crippen LogP contribution in [0.3, 0.4) is 0 Å². The van der Waals surface area contributed by atoms with Crippen molar-refractivity contribution in [1.82, 2.24) is 5.32 Å². The number of carbonyl (C=O) groups excluding carboxylic acids is 2. The summed E-state index contributed by atoms with van der Waals surface area (Å²) < 4.78 is 5.49. The van der Waals surface area contributed by atoms with Gasteiger partial charge in [-0.3, -0.25) is 9.59 Å². The largest absolute Gasteiger partial charge is 0.466 e. The van der Waals surface area contributed by atoms with Gasteiger partial charge < -0.3 is 20.3 Å². The Kier molecular flexibility index (Phi) is 67.4. The Morgan fingerprint density at radius 3 is 0.899 bits per heavy atom. The van der Waals surface area contributed by atoms with Crippen molar-refractivity contribution in [2.45, 2.75) is 418 Å². The summed E-state index contributed by atoms with van der Waals surface area (Å²) in [5.74, 6) is -0.0554. The highest BCUT2D eigenvalue weighted by molar-refractivity contribution is 5.76. The number of ether oxygens (including phenoxy) is 1. The van der Waals surface area contributed by atoms with Gasteiger partial charge in [0.05, 0.1) is 25.4 Å². The maximum atomic E-state index is 12.5. The van der Waals surface area contributed by atoms with Gasteiger partial charge in [-0.25, -0.2) is 0 Å². The Bertz CT molecular complexity index is 1230. The van der Waals surface area contributed by atoms with Gasteiger partial charge >= 0.3 is 5.97 Å². The molecule has 0 aliphatic rings. The van der Waals surface area contributed by atoms with Crippen molar-refractivity contribution in [1.29, 1.82) is 0 Å². The zero-order valence-electron chi connectivity index (χ0n) is 53.6. The molecular formula is C73H141NO5. The third-order valence-electron chi connectivity index (χ3n) is 17.0. The molecule has 0 aromatic carbocycles. The molecule has 0 aliphatic carbocycles. The molecule has 468 valence electrons. The number of hydrogen-bond acceptors (Lipinski definition) is 5. The van der Waals surface area contributed by atoms with E-state index in [0.29, 0.717) is 19.4 Å². The number of aliphatic hydroxyl groups is 2. The van der Waals surface area contributed by atoms with Gasteiger partial charge in [-0.15, -0.1) is 0 Å². The summed E-state index contributed by atoms with van der Waals surface area (Å²) in [4.78, 5) is 24.6. The van der Waals surface area contributed by atoms with E-state index in [1.54, 1.807) is 6.08 Å². The van der Waals surface area contributed by atoms with Gasteiger partial charge in [0.2, 0.25) is 5.91 Å². The molecule has 0 saturated heterocycles. The average Bonchev–Trinajstić information content (AvgIpc) is 3.45. The van der Waals surface area contributed by atoms with Crippen molar-refractivity contribution in [3.05, 3.63) is 24.3 Å². The lowest BCUT2D eigenvalue weighted by Crippen LogP contribution is -2.45. The molecule has 2 atom stereocenters. The molecular weight excluding hydrogens is 971 g/mol. The molecule has 0 aliphatic heterocycles. The minimum Gasteiger partial charge on any atom is -0.466 e. The number of unbranched alkanes of at least 4 members (excludes halogenated alkanes) is 55. The van der Waals surface area contributed by atoms with E-state index < -0.39 is 12.1 Å². The smallest absolute Gasteiger partial charge is 0.305 e. The summed E-state index contributed by atoms with van der Waals surface area (Å²) in [5.41, 5.74) is 0. The first kappa shape index (κ1) is 77.3. The van der Waals surface area contributed by atoms with E-state index in [-0.39, 0.29) is 18.5 Å². The Morgan fingerprint density at radius 1 is 0.342 bits per heavy atom. The van der Waals surface area contributed by atoms with Gasteiger partial charge in [-0.05, 0) is 57.8 Å². The molecule has 0 rings (SSSR count). The first-order chi connectivity index (χ1) is 39.0. The zero-order valence-corrected chi connectivity index (χ0v) is 53.6. The molecule has 0 saturated carbocycles. The van der Waals surface area contributed by atoms with E-state index in [9.17, 15) is 19.8 Å². The van der Waals surface area contributed by atoms with E-state index in [0.717, 1.165) is 44.9 Å². The topological polar surface area (TPSA) is 95.9 Å². The standard InChI is InChI=1S/C73H141NO5/c1-3-5-7-9-11-13-15-17-19-20-21-22-23-24-26-29-32-35-38-41-45-49-53-57-61-65-71(76)70(69-75)74-72(77)66-62-58-54-50-46-42-39-36-33-30-27-25-28-31-34-37-40-44-48-52-56-60-64-68-79-73(78)67-63-59-55-51-47-43-18-16-14-12-10-8-6-4-2/h30,33,61,65,70-71,75-76H,3-29,31-32,34-60,62-64,66-69H2,1-2H3,(H,74,77)/b33-30-,65-61+. The molecule has 0 bridgehead atoms. The molecule has 0 heterocycles. The Morgan fingerprint density at radius 2 is 0.595 bits per heavy atom. The summed E-state index contributed by atoms with van der Waals surface area (Å²) >= 11 is 0. The van der Waals surface area contributed by atoms with Crippen LogP contribution in [0.15, 0.2) is 24.3 Å². The van der Waals surface area contributed by atoms with Crippen LogP contribution in [0, 0.1) is 0 Å². The quantitative estimate of drug-likeness (QED) is 0.0320. The van der Waals surface area contributed by atoms with Gasteiger partial charge in [-0.1, -0.05) is 359 Å². The van der Waals surface area contributed by atoms with Crippen molar-refractivity contribution in [3.8, 4) is 0 Å². The lowest BCUT2D eigenvalue weighted by Gasteiger charge is -2.20. The molecule has 2 unspecified atom stereocenters. The van der Waals surface area contributed by atoms with Gasteiger partial charge in [0, 0.05) is 12.8 Å². The molecule has 0 spiro atoms. The highest BCUT2D eigenvalue weighted by atomic mass is 16.5. The Hall–Kier alpha value is -1.66. The molecule has 0 aromatic heterocycles. The highest BCUT2D eigenvalue weighted by Gasteiger charge is 2.18. The summed E-state index contributed by atoms with van der Waals surface area (Å²) in [6, 6.07) is -0.634. The molecule has 6 nitrogen and oxygen atoms in total. The van der Waals surface area contributed by atoms with Crippen molar-refractivity contribution < 1.29 is 24.5 Å². The molecule has 3 N–H and O–H groups in total. The highest BCUT2D eigenvalue weighted by Crippen LogP contribution is 2.19. The van der Waals surface area contributed by atoms with E-state index in [1.807, 2.05) is 6.08 Å². The lowest BCUT2D eigenvalue weighted by atomic mass is 10.0. The lowest BCUT2D eigenvalue weighted by molar-refractivity contribution is -0.143. The van der Waals surface area contributed by atoms with Crippen LogP contribution < -0.4 is 5.32 Å². The molecule has 79 heavy (non-hydrogen) atoms. The fourth-order valence-electron chi connectivity index (χ4n) is 11.5. The van der Waals surface area contributed by atoms with Gasteiger partial charge in [-0.2, -0.15) is 0 Å². The van der Waals surface area contributed by atoms with Crippen LogP contribution in [-0.4, -0.2) is 47.4 Å². The number of rotatable bonds is 68. The van der Waals surface area contributed by atoms with Crippen LogP contribution in [0.1, 0.15) is 406 Å². The number of allylic oxidation sites excluding steroid dienone is 3. The fourth-order valence-corrected chi connectivity index (χ4v) is 11.5. The van der Waals surface area contributed by atoms with Crippen molar-refractivity contribution in [2.24, 2.45) is 0 Å². The maximum Gasteiger partial charge on any atom is 0.305 e. The molecule has 0 radical (unpaired) electrons. The minimum atomic E-state index is -0.850. The first-order valence-electron chi connectivity index (χ1n) is 36.1. The number of amides is 1. The Labute approximate surface area is 494 Å². The molecule has 0 fully saturated rings. The van der Waals surface area contributed by atoms with Crippen molar-refractivity contribution >= 4 is 11.9 Å². The second-order valence-electron chi connectivity index (χ2n) is 24.9. The summed E-state index contributed by atoms with van der Waals surface area (Å²) in [7, 11) is 0. The van der Waals surface area contributed by atoms with Crippen molar-refractivity contribution in [3.63, 3.8) is 0 Å². The first-order valence-corrected chi connectivity index (χ1v) is 36.1. The number of nitrogens with one attached hydrogen (secondary N) is 1. The molecule has 1 amide bonds. The predicted octanol–water partition coefficient (Wildman–Crippen LogP) is 23.3. The monoisotopic (exact) mass is 1110 g/mol. The Balaban J connectivity index is 3.43. The third kappa shape index (κ3) is 65.4. The van der Waals surface area contributed by atoms with Crippen LogP contribution in [0.5, 0.6) is 0 Å². The second-order valence-corrected chi connectivity index (χ2v) is 24.9. The zero-order chi connectivity index (χ0) is 57.1. The molecule has 6 heteroatoms. The summed E-state index contributed by atoms with van der Waals surface area (Å²) in [5, 5.41) is 23.3. The van der Waals surface area contributed by atoms with Crippen LogP contribution in [-0.2, 0) is 14.3 Å². The van der Waals surface area contributed by atoms with Crippen LogP contribution in [0.2, 0.25) is 0 Å². The fraction of sp³-hybridized carbons (Fsp3) is 0.918. The SMILES string of the molecule is CCCCCCCCCCCCCCCCCCCCCCCCC/C=C/C(O)C(CO)NC(=O)CCCCCCCCC/C=C\CCCCCCCCCCCCCCOC(=O)CCCCCCCCCCCCCCCC. The van der Waals surface area contributed by atoms with Crippen LogP contribution in [0.4, 0.5) is 0 Å². The summed E-state index contributed by atoms with van der Waals surface area (Å²) in [6.07, 6.45) is 86.9.